The van der Waals surface area contributed by atoms with Crippen molar-refractivity contribution in [1.29, 1.82) is 5.26 Å². The lowest BCUT2D eigenvalue weighted by Crippen LogP contribution is -2.20. The Bertz CT molecular complexity index is 117. The fraction of sp³-hybridized carbons (Fsp3) is 0.833. The highest BCUT2D eigenvalue weighted by molar-refractivity contribution is 9.09. The zero-order chi connectivity index (χ0) is 7.33. The predicted octanol–water partition coefficient (Wildman–Crippen LogP) is 1.44. The van der Waals surface area contributed by atoms with Gasteiger partial charge in [0.25, 0.3) is 0 Å². The van der Waals surface area contributed by atoms with E-state index in [2.05, 4.69) is 15.9 Å². The van der Waals surface area contributed by atoms with Crippen LogP contribution in [0.2, 0.25) is 0 Å². The number of rotatable bonds is 3. The molecule has 0 aromatic carbocycles. The van der Waals surface area contributed by atoms with Crippen LogP contribution in [0.25, 0.3) is 0 Å². The van der Waals surface area contributed by atoms with Gasteiger partial charge in [-0.2, -0.15) is 5.26 Å². The van der Waals surface area contributed by atoms with Gasteiger partial charge in [0.1, 0.15) is 5.60 Å². The lowest BCUT2D eigenvalue weighted by Gasteiger charge is -2.11. The second kappa shape index (κ2) is 3.86. The molecule has 1 N–H and O–H groups in total. The molecule has 2 nitrogen and oxygen atoms in total. The number of halogens is 1. The molecule has 1 atom stereocenters. The first-order chi connectivity index (χ1) is 4.12. The van der Waals surface area contributed by atoms with Gasteiger partial charge in [0.2, 0.25) is 0 Å². The first kappa shape index (κ1) is 8.93. The molecule has 0 spiro atoms. The third kappa shape index (κ3) is 4.43. The van der Waals surface area contributed by atoms with Gasteiger partial charge >= 0.3 is 0 Å². The molecule has 0 rings (SSSR count). The van der Waals surface area contributed by atoms with Crippen molar-refractivity contribution in [3.8, 4) is 6.07 Å². The lowest BCUT2D eigenvalue weighted by molar-refractivity contribution is 0.109. The fourth-order valence-corrected chi connectivity index (χ4v) is 0.747. The summed E-state index contributed by atoms with van der Waals surface area (Å²) in [5.74, 6) is 0. The van der Waals surface area contributed by atoms with Crippen molar-refractivity contribution in [3.05, 3.63) is 0 Å². The quantitative estimate of drug-likeness (QED) is 0.543. The monoisotopic (exact) mass is 191 g/mol. The van der Waals surface area contributed by atoms with Crippen molar-refractivity contribution in [2.45, 2.75) is 25.4 Å². The number of nitriles is 1. The third-order valence-corrected chi connectivity index (χ3v) is 1.60. The van der Waals surface area contributed by atoms with E-state index in [1.807, 2.05) is 6.07 Å². The van der Waals surface area contributed by atoms with Crippen molar-refractivity contribution in [2.75, 3.05) is 5.33 Å². The summed E-state index contributed by atoms with van der Waals surface area (Å²) in [6.07, 6.45) is 1.37. The molecular weight excluding hydrogens is 182 g/mol. The van der Waals surface area contributed by atoms with Crippen LogP contribution in [-0.4, -0.2) is 16.0 Å². The van der Waals surface area contributed by atoms with Crippen LogP contribution >= 0.6 is 15.9 Å². The van der Waals surface area contributed by atoms with E-state index in [1.165, 1.54) is 6.92 Å². The normalized spacial score (nSPS) is 16.2. The zero-order valence-electron chi connectivity index (χ0n) is 5.39. The Morgan fingerprint density at radius 3 is 2.67 bits per heavy atom. The fourth-order valence-electron chi connectivity index (χ4n) is 0.467. The Morgan fingerprint density at radius 1 is 1.78 bits per heavy atom. The Balaban J connectivity index is 3.49. The maximum absolute atomic E-state index is 9.07. The molecule has 3 heteroatoms. The van der Waals surface area contributed by atoms with E-state index in [0.717, 1.165) is 11.8 Å². The van der Waals surface area contributed by atoms with Gasteiger partial charge in [-0.25, -0.2) is 0 Å². The maximum Gasteiger partial charge on any atom is 0.148 e. The van der Waals surface area contributed by atoms with Crippen LogP contribution in [0.4, 0.5) is 0 Å². The molecule has 0 aliphatic carbocycles. The summed E-state index contributed by atoms with van der Waals surface area (Å²) in [5, 5.41) is 18.2. The Kier molecular flexibility index (Phi) is 3.83. The summed E-state index contributed by atoms with van der Waals surface area (Å²) < 4.78 is 0. The van der Waals surface area contributed by atoms with Crippen LogP contribution in [-0.2, 0) is 0 Å². The largest absolute Gasteiger partial charge is 0.376 e. The number of hydrogen-bond donors (Lipinski definition) is 1. The van der Waals surface area contributed by atoms with Gasteiger partial charge in [-0.15, -0.1) is 0 Å². The Labute approximate surface area is 63.6 Å². The number of nitrogens with zero attached hydrogens (tertiary/aromatic N) is 1. The highest BCUT2D eigenvalue weighted by Gasteiger charge is 2.17. The second-order valence-electron chi connectivity index (χ2n) is 2.18. The minimum atomic E-state index is -1.13. The molecule has 0 aromatic rings. The standard InChI is InChI=1S/C6H10BrNO/c1-6(9,5-8)3-2-4-7/h9H,2-4H2,1H3. The molecule has 0 heterocycles. The van der Waals surface area contributed by atoms with E-state index in [0.29, 0.717) is 6.42 Å². The molecule has 0 radical (unpaired) electrons. The summed E-state index contributed by atoms with van der Waals surface area (Å²) in [6, 6.07) is 1.81. The van der Waals surface area contributed by atoms with Crippen LogP contribution in [0.3, 0.4) is 0 Å². The Hall–Kier alpha value is -0.0700. The molecule has 0 aromatic heterocycles. The van der Waals surface area contributed by atoms with Gasteiger partial charge in [0.05, 0.1) is 6.07 Å². The number of hydrogen-bond acceptors (Lipinski definition) is 2. The minimum Gasteiger partial charge on any atom is -0.376 e. The summed E-state index contributed by atoms with van der Waals surface area (Å²) in [6.45, 7) is 1.52. The van der Waals surface area contributed by atoms with E-state index < -0.39 is 5.60 Å². The average molecular weight is 192 g/mol. The van der Waals surface area contributed by atoms with Gasteiger partial charge in [-0.05, 0) is 19.8 Å². The van der Waals surface area contributed by atoms with Crippen molar-refractivity contribution in [2.24, 2.45) is 0 Å². The topological polar surface area (TPSA) is 44.0 Å². The summed E-state index contributed by atoms with van der Waals surface area (Å²) in [7, 11) is 0. The van der Waals surface area contributed by atoms with Crippen molar-refractivity contribution in [1.82, 2.24) is 0 Å². The molecule has 0 aliphatic heterocycles. The van der Waals surface area contributed by atoms with E-state index in [1.54, 1.807) is 0 Å². The highest BCUT2D eigenvalue weighted by Crippen LogP contribution is 2.10. The molecule has 0 fully saturated rings. The summed E-state index contributed by atoms with van der Waals surface area (Å²) in [5.41, 5.74) is -1.13. The van der Waals surface area contributed by atoms with Crippen molar-refractivity contribution < 1.29 is 5.11 Å². The van der Waals surface area contributed by atoms with Gasteiger partial charge in [0.15, 0.2) is 0 Å². The molecule has 0 aliphatic rings. The van der Waals surface area contributed by atoms with Crippen LogP contribution in [0, 0.1) is 11.3 Å². The average Bonchev–Trinajstić information content (AvgIpc) is 1.84. The van der Waals surface area contributed by atoms with Crippen LogP contribution in [0.1, 0.15) is 19.8 Å². The molecule has 52 valence electrons. The predicted molar refractivity (Wildman–Crippen MR) is 39.3 cm³/mol. The SMILES string of the molecule is CC(O)(C#N)CCCBr. The van der Waals surface area contributed by atoms with E-state index >= 15 is 0 Å². The van der Waals surface area contributed by atoms with E-state index in [9.17, 15) is 0 Å². The highest BCUT2D eigenvalue weighted by atomic mass is 79.9. The van der Waals surface area contributed by atoms with Crippen LogP contribution in [0.5, 0.6) is 0 Å². The van der Waals surface area contributed by atoms with E-state index in [4.69, 9.17) is 10.4 Å². The van der Waals surface area contributed by atoms with Gasteiger partial charge in [-0.1, -0.05) is 15.9 Å². The third-order valence-electron chi connectivity index (χ3n) is 1.04. The van der Waals surface area contributed by atoms with Crippen molar-refractivity contribution >= 4 is 15.9 Å². The summed E-state index contributed by atoms with van der Waals surface area (Å²) >= 11 is 3.21. The van der Waals surface area contributed by atoms with Gasteiger partial charge in [-0.3, -0.25) is 0 Å². The van der Waals surface area contributed by atoms with Crippen LogP contribution < -0.4 is 0 Å². The lowest BCUT2D eigenvalue weighted by atomic mass is 10.0. The van der Waals surface area contributed by atoms with Gasteiger partial charge < -0.3 is 5.11 Å². The van der Waals surface area contributed by atoms with Gasteiger partial charge in [0, 0.05) is 5.33 Å². The maximum atomic E-state index is 9.07. The number of alkyl halides is 1. The van der Waals surface area contributed by atoms with E-state index in [-0.39, 0.29) is 0 Å². The number of aliphatic hydroxyl groups is 1. The molecule has 1 unspecified atom stereocenters. The van der Waals surface area contributed by atoms with Crippen molar-refractivity contribution in [3.63, 3.8) is 0 Å². The second-order valence-corrected chi connectivity index (χ2v) is 2.97. The first-order valence-electron chi connectivity index (χ1n) is 2.82. The molecule has 9 heavy (non-hydrogen) atoms. The molecule has 0 saturated carbocycles. The molecule has 0 amide bonds. The minimum absolute atomic E-state index is 0.536. The molecule has 0 saturated heterocycles. The zero-order valence-corrected chi connectivity index (χ0v) is 6.98. The Morgan fingerprint density at radius 2 is 2.33 bits per heavy atom. The smallest absolute Gasteiger partial charge is 0.148 e. The molecular formula is C6H10BrNO. The summed E-state index contributed by atoms with van der Waals surface area (Å²) in [4.78, 5) is 0. The molecule has 0 bridgehead atoms. The van der Waals surface area contributed by atoms with Crippen LogP contribution in [0.15, 0.2) is 0 Å². The first-order valence-corrected chi connectivity index (χ1v) is 3.94.